The average molecular weight is 341 g/mol. The van der Waals surface area contributed by atoms with Crippen molar-refractivity contribution in [1.29, 1.82) is 0 Å². The Labute approximate surface area is 113 Å². The van der Waals surface area contributed by atoms with E-state index in [1.54, 1.807) is 17.1 Å². The van der Waals surface area contributed by atoms with Crippen LogP contribution in [0.4, 0.5) is 0 Å². The van der Waals surface area contributed by atoms with Crippen molar-refractivity contribution >= 4 is 22.6 Å². The number of halogens is 1. The molecule has 2 heterocycles. The molecule has 0 amide bonds. The van der Waals surface area contributed by atoms with Crippen LogP contribution in [0.2, 0.25) is 0 Å². The molecular formula is C12H12IN3O. The summed E-state index contributed by atoms with van der Waals surface area (Å²) in [7, 11) is 0. The van der Waals surface area contributed by atoms with Gasteiger partial charge in [0.05, 0.1) is 15.6 Å². The first kappa shape index (κ1) is 12.2. The maximum atomic E-state index is 11.9. The molecular weight excluding hydrogens is 329 g/mol. The molecule has 0 saturated carbocycles. The van der Waals surface area contributed by atoms with Crippen molar-refractivity contribution < 1.29 is 0 Å². The van der Waals surface area contributed by atoms with Gasteiger partial charge in [0, 0.05) is 24.9 Å². The molecule has 0 spiro atoms. The molecule has 0 aliphatic heterocycles. The van der Waals surface area contributed by atoms with Gasteiger partial charge in [-0.15, -0.1) is 0 Å². The van der Waals surface area contributed by atoms with Crippen LogP contribution in [0.5, 0.6) is 0 Å². The molecule has 2 aromatic heterocycles. The lowest BCUT2D eigenvalue weighted by molar-refractivity contribution is 0.639. The molecule has 0 aliphatic carbocycles. The van der Waals surface area contributed by atoms with Crippen LogP contribution in [0, 0.1) is 10.5 Å². The summed E-state index contributed by atoms with van der Waals surface area (Å²) < 4.78 is 2.31. The topological polar surface area (TPSA) is 47.8 Å². The third-order valence-corrected chi connectivity index (χ3v) is 3.73. The number of aryl methyl sites for hydroxylation is 3. The molecule has 0 N–H and O–H groups in total. The van der Waals surface area contributed by atoms with Gasteiger partial charge in [-0.1, -0.05) is 6.07 Å². The van der Waals surface area contributed by atoms with Crippen molar-refractivity contribution in [1.82, 2.24) is 14.5 Å². The summed E-state index contributed by atoms with van der Waals surface area (Å²) in [5.74, 6) is 0. The number of hydrogen-bond donors (Lipinski definition) is 0. The van der Waals surface area contributed by atoms with Gasteiger partial charge in [-0.05, 0) is 41.6 Å². The third-order valence-electron chi connectivity index (χ3n) is 2.49. The largest absolute Gasteiger partial charge is 0.298 e. The predicted molar refractivity (Wildman–Crippen MR) is 73.9 cm³/mol. The van der Waals surface area contributed by atoms with Gasteiger partial charge in [-0.25, -0.2) is 4.98 Å². The Morgan fingerprint density at radius 1 is 1.35 bits per heavy atom. The second-order valence-corrected chi connectivity index (χ2v) is 4.79. The fourth-order valence-corrected chi connectivity index (χ4v) is 1.94. The van der Waals surface area contributed by atoms with E-state index < -0.39 is 0 Å². The van der Waals surface area contributed by atoms with Gasteiger partial charge in [-0.2, -0.15) is 0 Å². The van der Waals surface area contributed by atoms with E-state index in [9.17, 15) is 4.79 Å². The highest BCUT2D eigenvalue weighted by atomic mass is 127. The number of hydrogen-bond acceptors (Lipinski definition) is 3. The first-order valence-electron chi connectivity index (χ1n) is 5.30. The highest BCUT2D eigenvalue weighted by molar-refractivity contribution is 14.1. The van der Waals surface area contributed by atoms with Crippen LogP contribution in [0.3, 0.4) is 0 Å². The smallest absolute Gasteiger partial charge is 0.267 e. The molecule has 17 heavy (non-hydrogen) atoms. The van der Waals surface area contributed by atoms with E-state index in [0.29, 0.717) is 10.1 Å². The first-order chi connectivity index (χ1) is 8.18. The van der Waals surface area contributed by atoms with Gasteiger partial charge in [0.2, 0.25) is 0 Å². The van der Waals surface area contributed by atoms with Crippen LogP contribution in [0.1, 0.15) is 11.4 Å². The van der Waals surface area contributed by atoms with E-state index in [4.69, 9.17) is 0 Å². The third kappa shape index (κ3) is 2.91. The molecule has 0 bridgehead atoms. The van der Waals surface area contributed by atoms with Crippen molar-refractivity contribution in [3.63, 3.8) is 0 Å². The average Bonchev–Trinajstić information content (AvgIpc) is 2.36. The van der Waals surface area contributed by atoms with Crippen LogP contribution in [-0.2, 0) is 13.0 Å². The van der Waals surface area contributed by atoms with Gasteiger partial charge < -0.3 is 0 Å². The number of nitrogens with zero attached hydrogens (tertiary/aromatic N) is 3. The molecule has 4 nitrogen and oxygen atoms in total. The zero-order chi connectivity index (χ0) is 12.3. The molecule has 0 fully saturated rings. The summed E-state index contributed by atoms with van der Waals surface area (Å²) in [6.07, 6.45) is 4.10. The van der Waals surface area contributed by atoms with Crippen LogP contribution in [-0.4, -0.2) is 14.5 Å². The summed E-state index contributed by atoms with van der Waals surface area (Å²) in [6, 6.07) is 5.78. The van der Waals surface area contributed by atoms with Crippen molar-refractivity contribution in [2.24, 2.45) is 0 Å². The molecule has 2 aromatic rings. The first-order valence-corrected chi connectivity index (χ1v) is 6.38. The molecule has 0 saturated heterocycles. The van der Waals surface area contributed by atoms with E-state index in [2.05, 4.69) is 9.97 Å². The van der Waals surface area contributed by atoms with E-state index in [1.165, 1.54) is 0 Å². The summed E-state index contributed by atoms with van der Waals surface area (Å²) in [4.78, 5) is 20.3. The zero-order valence-corrected chi connectivity index (χ0v) is 11.6. The minimum Gasteiger partial charge on any atom is -0.298 e. The molecule has 0 aliphatic rings. The fourth-order valence-electron chi connectivity index (χ4n) is 1.49. The van der Waals surface area contributed by atoms with Gasteiger partial charge in [0.25, 0.3) is 5.56 Å². The van der Waals surface area contributed by atoms with Gasteiger partial charge in [0.1, 0.15) is 0 Å². The number of pyridine rings is 1. The maximum Gasteiger partial charge on any atom is 0.267 e. The van der Waals surface area contributed by atoms with Crippen LogP contribution < -0.4 is 5.56 Å². The van der Waals surface area contributed by atoms with E-state index in [-0.39, 0.29) is 5.56 Å². The SMILES string of the molecule is Cc1ncn(CCc2ccccn2)c(=O)c1I. The molecule has 0 atom stereocenters. The second-order valence-electron chi connectivity index (χ2n) is 3.71. The zero-order valence-electron chi connectivity index (χ0n) is 9.43. The predicted octanol–water partition coefficient (Wildman–Crippen LogP) is 1.79. The molecule has 88 valence electrons. The minimum absolute atomic E-state index is 0.0223. The lowest BCUT2D eigenvalue weighted by Crippen LogP contribution is -2.25. The van der Waals surface area contributed by atoms with E-state index in [0.717, 1.165) is 17.8 Å². The summed E-state index contributed by atoms with van der Waals surface area (Å²) in [5, 5.41) is 0. The number of aromatic nitrogens is 3. The van der Waals surface area contributed by atoms with Gasteiger partial charge in [-0.3, -0.25) is 14.3 Å². The Morgan fingerprint density at radius 3 is 2.88 bits per heavy atom. The van der Waals surface area contributed by atoms with Crippen LogP contribution >= 0.6 is 22.6 Å². The van der Waals surface area contributed by atoms with Gasteiger partial charge in [0.15, 0.2) is 0 Å². The van der Waals surface area contributed by atoms with Crippen molar-refractivity contribution in [3.05, 3.63) is 56.0 Å². The summed E-state index contributed by atoms with van der Waals surface area (Å²) in [5.41, 5.74) is 1.79. The van der Waals surface area contributed by atoms with Crippen LogP contribution in [0.15, 0.2) is 35.5 Å². The summed E-state index contributed by atoms with van der Waals surface area (Å²) >= 11 is 2.04. The van der Waals surface area contributed by atoms with E-state index >= 15 is 0 Å². The molecule has 0 aromatic carbocycles. The molecule has 0 radical (unpaired) electrons. The lowest BCUT2D eigenvalue weighted by Gasteiger charge is -2.06. The highest BCUT2D eigenvalue weighted by Gasteiger charge is 2.05. The molecule has 5 heteroatoms. The Balaban J connectivity index is 2.16. The Bertz CT molecular complexity index is 566. The Kier molecular flexibility index (Phi) is 3.88. The minimum atomic E-state index is 0.0223. The van der Waals surface area contributed by atoms with Gasteiger partial charge >= 0.3 is 0 Å². The quantitative estimate of drug-likeness (QED) is 0.800. The van der Waals surface area contributed by atoms with Crippen molar-refractivity contribution in [2.75, 3.05) is 0 Å². The van der Waals surface area contributed by atoms with E-state index in [1.807, 2.05) is 47.7 Å². The van der Waals surface area contributed by atoms with Crippen molar-refractivity contribution in [3.8, 4) is 0 Å². The molecule has 0 unspecified atom stereocenters. The lowest BCUT2D eigenvalue weighted by atomic mass is 10.3. The highest BCUT2D eigenvalue weighted by Crippen LogP contribution is 2.02. The molecule has 2 rings (SSSR count). The van der Waals surface area contributed by atoms with Crippen LogP contribution in [0.25, 0.3) is 0 Å². The number of rotatable bonds is 3. The second kappa shape index (κ2) is 5.39. The fraction of sp³-hybridized carbons (Fsp3) is 0.250. The monoisotopic (exact) mass is 341 g/mol. The Morgan fingerprint density at radius 2 is 2.18 bits per heavy atom. The Hall–Kier alpha value is -1.24. The van der Waals surface area contributed by atoms with Crippen molar-refractivity contribution in [2.45, 2.75) is 19.9 Å². The standard InChI is InChI=1S/C12H12IN3O/c1-9-11(13)12(17)16(8-15-9)7-5-10-4-2-3-6-14-10/h2-4,6,8H,5,7H2,1H3. The normalized spacial score (nSPS) is 10.5. The maximum absolute atomic E-state index is 11.9. The summed E-state index contributed by atoms with van der Waals surface area (Å²) in [6.45, 7) is 2.45.